The molecule has 0 saturated heterocycles. The van der Waals surface area contributed by atoms with Crippen LogP contribution in [0.5, 0.6) is 0 Å². The fourth-order valence-corrected chi connectivity index (χ4v) is 1.70. The lowest BCUT2D eigenvalue weighted by Crippen LogP contribution is -2.05. The molecule has 1 aliphatic rings. The first-order valence-electron chi connectivity index (χ1n) is 5.34. The van der Waals surface area contributed by atoms with Crippen LogP contribution >= 0.6 is 0 Å². The highest BCUT2D eigenvalue weighted by atomic mass is 16.3. The topological polar surface area (TPSA) is 20.2 Å². The third kappa shape index (κ3) is 2.91. The maximum Gasteiger partial charge on any atom is 0.0985 e. The summed E-state index contributed by atoms with van der Waals surface area (Å²) in [4.78, 5) is 0. The van der Waals surface area contributed by atoms with Gasteiger partial charge in [0.15, 0.2) is 0 Å². The summed E-state index contributed by atoms with van der Waals surface area (Å²) in [6.45, 7) is 4.28. The van der Waals surface area contributed by atoms with Crippen molar-refractivity contribution < 1.29 is 5.11 Å². The van der Waals surface area contributed by atoms with Crippen molar-refractivity contribution in [2.24, 2.45) is 5.92 Å². The molecule has 1 unspecified atom stereocenters. The van der Waals surface area contributed by atoms with E-state index in [9.17, 15) is 5.11 Å². The molecule has 74 valence electrons. The Hall–Kier alpha value is -0.720. The molecule has 13 heavy (non-hydrogen) atoms. The molecule has 1 rings (SSSR count). The molecule has 0 aromatic rings. The summed E-state index contributed by atoms with van der Waals surface area (Å²) in [5, 5.41) is 9.77. The van der Waals surface area contributed by atoms with Gasteiger partial charge < -0.3 is 5.11 Å². The lowest BCUT2D eigenvalue weighted by molar-refractivity contribution is 0.330. The molecule has 0 amide bonds. The lowest BCUT2D eigenvalue weighted by atomic mass is 9.93. The molecule has 0 saturated carbocycles. The van der Waals surface area contributed by atoms with Crippen molar-refractivity contribution in [3.05, 3.63) is 23.5 Å². The summed E-state index contributed by atoms with van der Waals surface area (Å²) in [5.41, 5.74) is 1.16. The normalized spacial score (nSPS) is 22.5. The van der Waals surface area contributed by atoms with Gasteiger partial charge in [-0.2, -0.15) is 0 Å². The number of rotatable bonds is 4. The van der Waals surface area contributed by atoms with Crippen molar-refractivity contribution in [3.63, 3.8) is 0 Å². The highest BCUT2D eigenvalue weighted by Crippen LogP contribution is 2.25. The summed E-state index contributed by atoms with van der Waals surface area (Å²) < 4.78 is 0. The predicted octanol–water partition coefficient (Wildman–Crippen LogP) is 3.97. The summed E-state index contributed by atoms with van der Waals surface area (Å²) in [6, 6.07) is 0. The Kier molecular flexibility index (Phi) is 4.07. The van der Waals surface area contributed by atoms with Gasteiger partial charge in [0.05, 0.1) is 5.76 Å². The van der Waals surface area contributed by atoms with Gasteiger partial charge in [0.25, 0.3) is 0 Å². The van der Waals surface area contributed by atoms with E-state index in [2.05, 4.69) is 26.0 Å². The molecule has 1 heteroatoms. The van der Waals surface area contributed by atoms with E-state index in [-0.39, 0.29) is 0 Å². The van der Waals surface area contributed by atoms with Crippen molar-refractivity contribution >= 4 is 0 Å². The van der Waals surface area contributed by atoms with Gasteiger partial charge in [-0.25, -0.2) is 0 Å². The zero-order valence-corrected chi connectivity index (χ0v) is 8.71. The molecule has 0 aliphatic heterocycles. The molecule has 1 nitrogen and oxygen atoms in total. The SMILES string of the molecule is CCCCCC1=C(O)C(C)CC=C1. The molecule has 0 aromatic heterocycles. The van der Waals surface area contributed by atoms with Crippen LogP contribution in [-0.2, 0) is 0 Å². The molecule has 0 spiro atoms. The van der Waals surface area contributed by atoms with E-state index < -0.39 is 0 Å². The highest BCUT2D eigenvalue weighted by molar-refractivity contribution is 5.27. The smallest absolute Gasteiger partial charge is 0.0985 e. The summed E-state index contributed by atoms with van der Waals surface area (Å²) in [6.07, 6.45) is 10.00. The van der Waals surface area contributed by atoms with Crippen LogP contribution in [0.4, 0.5) is 0 Å². The minimum Gasteiger partial charge on any atom is -0.512 e. The van der Waals surface area contributed by atoms with Crippen LogP contribution in [0.15, 0.2) is 23.5 Å². The zero-order chi connectivity index (χ0) is 9.68. The van der Waals surface area contributed by atoms with Crippen LogP contribution in [0.3, 0.4) is 0 Å². The first-order chi connectivity index (χ1) is 6.25. The molecule has 0 bridgehead atoms. The predicted molar refractivity (Wildman–Crippen MR) is 56.7 cm³/mol. The van der Waals surface area contributed by atoms with Crippen molar-refractivity contribution in [2.75, 3.05) is 0 Å². The van der Waals surface area contributed by atoms with E-state index in [1.807, 2.05) is 0 Å². The van der Waals surface area contributed by atoms with E-state index in [4.69, 9.17) is 0 Å². The van der Waals surface area contributed by atoms with Gasteiger partial charge in [-0.1, -0.05) is 38.8 Å². The van der Waals surface area contributed by atoms with E-state index >= 15 is 0 Å². The maximum absolute atomic E-state index is 9.77. The van der Waals surface area contributed by atoms with Crippen LogP contribution in [0.25, 0.3) is 0 Å². The second kappa shape index (κ2) is 5.11. The Labute approximate surface area is 81.2 Å². The first kappa shape index (κ1) is 10.4. The zero-order valence-electron chi connectivity index (χ0n) is 8.71. The third-order valence-electron chi connectivity index (χ3n) is 2.65. The number of hydrogen-bond acceptors (Lipinski definition) is 1. The van der Waals surface area contributed by atoms with Crippen LogP contribution in [0.2, 0.25) is 0 Å². The van der Waals surface area contributed by atoms with E-state index in [1.54, 1.807) is 0 Å². The third-order valence-corrected chi connectivity index (χ3v) is 2.65. The average molecular weight is 180 g/mol. The molecule has 0 fully saturated rings. The second-order valence-electron chi connectivity index (χ2n) is 3.91. The largest absolute Gasteiger partial charge is 0.512 e. The van der Waals surface area contributed by atoms with Gasteiger partial charge in [0, 0.05) is 5.92 Å². The Bertz CT molecular complexity index is 213. The van der Waals surface area contributed by atoms with Gasteiger partial charge in [0.2, 0.25) is 0 Å². The Balaban J connectivity index is 2.46. The number of aliphatic hydroxyl groups excluding tert-OH is 1. The Morgan fingerprint density at radius 2 is 2.23 bits per heavy atom. The molecule has 1 aliphatic carbocycles. The van der Waals surface area contributed by atoms with Gasteiger partial charge in [0.1, 0.15) is 0 Å². The van der Waals surface area contributed by atoms with Crippen LogP contribution < -0.4 is 0 Å². The fraction of sp³-hybridized carbons (Fsp3) is 0.667. The van der Waals surface area contributed by atoms with Gasteiger partial charge >= 0.3 is 0 Å². The molecule has 1 N–H and O–H groups in total. The average Bonchev–Trinajstić information content (AvgIpc) is 2.13. The Morgan fingerprint density at radius 3 is 2.92 bits per heavy atom. The number of aliphatic hydroxyl groups is 1. The number of unbranched alkanes of at least 4 members (excludes halogenated alkanes) is 2. The molecule has 1 atom stereocenters. The summed E-state index contributed by atoms with van der Waals surface area (Å²) in [7, 11) is 0. The minimum atomic E-state index is 0.335. The van der Waals surface area contributed by atoms with E-state index in [0.717, 1.165) is 18.4 Å². The summed E-state index contributed by atoms with van der Waals surface area (Å²) in [5.74, 6) is 0.959. The van der Waals surface area contributed by atoms with Gasteiger partial charge in [-0.3, -0.25) is 0 Å². The van der Waals surface area contributed by atoms with Gasteiger partial charge in [-0.05, 0) is 24.8 Å². The minimum absolute atomic E-state index is 0.335. The van der Waals surface area contributed by atoms with Crippen molar-refractivity contribution in [1.29, 1.82) is 0 Å². The van der Waals surface area contributed by atoms with Crippen molar-refractivity contribution in [2.45, 2.75) is 46.0 Å². The molecular formula is C12H20O. The highest BCUT2D eigenvalue weighted by Gasteiger charge is 2.13. The van der Waals surface area contributed by atoms with Gasteiger partial charge in [-0.15, -0.1) is 0 Å². The van der Waals surface area contributed by atoms with Crippen LogP contribution in [0, 0.1) is 5.92 Å². The first-order valence-corrected chi connectivity index (χ1v) is 5.34. The van der Waals surface area contributed by atoms with E-state index in [1.165, 1.54) is 19.3 Å². The standard InChI is InChI=1S/C12H20O/c1-3-4-5-8-11-9-6-7-10(2)12(11)13/h6,9-10,13H,3-5,7-8H2,1-2H3. The quantitative estimate of drug-likeness (QED) is 0.649. The maximum atomic E-state index is 9.77. The monoisotopic (exact) mass is 180 g/mol. The number of hydrogen-bond donors (Lipinski definition) is 1. The summed E-state index contributed by atoms with van der Waals surface area (Å²) >= 11 is 0. The molecule has 0 heterocycles. The van der Waals surface area contributed by atoms with E-state index in [0.29, 0.717) is 11.7 Å². The van der Waals surface area contributed by atoms with Crippen molar-refractivity contribution in [1.82, 2.24) is 0 Å². The lowest BCUT2D eigenvalue weighted by Gasteiger charge is -2.16. The molecule has 0 aromatic carbocycles. The molecular weight excluding hydrogens is 160 g/mol. The van der Waals surface area contributed by atoms with Crippen LogP contribution in [-0.4, -0.2) is 5.11 Å². The van der Waals surface area contributed by atoms with Crippen molar-refractivity contribution in [3.8, 4) is 0 Å². The number of allylic oxidation sites excluding steroid dienone is 4. The Morgan fingerprint density at radius 1 is 1.46 bits per heavy atom. The fourth-order valence-electron chi connectivity index (χ4n) is 1.70. The van der Waals surface area contributed by atoms with Crippen LogP contribution in [0.1, 0.15) is 46.0 Å². The molecule has 0 radical (unpaired) electrons. The second-order valence-corrected chi connectivity index (χ2v) is 3.91.